The molecule has 11 N–H and O–H groups in total. The monoisotopic (exact) mass is 654 g/mol. The molecule has 10 atom stereocenters. The molecule has 4 rings (SSSR count). The standard InChI is InChI=1S/C29H38N2O15/c1-10-4-12(32)6-14(33)18(10)26(41)30-8-16-20(35)22(37)24(39)28(44-16)46-29-25(40)23(38)21(36)17(45-29)9-31-27(42)19-11(2)5-13(43-3)7-15(19)34/h4-7,16-17,20-25,28-29,32-40H,8-9H2,1-3H3,(H,30,41)(H,31,42)/t16-,17-,20-,21-,22+,23+,24-,25-,28-,29-/m1/s1. The van der Waals surface area contributed by atoms with Crippen molar-refractivity contribution in [2.75, 3.05) is 20.2 Å². The molecular formula is C29H38N2O15. The average Bonchev–Trinajstić information content (AvgIpc) is 2.99. The number of aryl methyl sites for hydroxylation is 2. The van der Waals surface area contributed by atoms with Crippen molar-refractivity contribution in [2.45, 2.75) is 75.3 Å². The number of phenolic OH excluding ortho intramolecular Hbond substituents is 3. The molecule has 0 aromatic heterocycles. The minimum atomic E-state index is -1.91. The fraction of sp³-hybridized carbons (Fsp3) is 0.517. The van der Waals surface area contributed by atoms with E-state index in [1.54, 1.807) is 6.92 Å². The number of aliphatic hydroxyl groups excluding tert-OH is 6. The number of ether oxygens (including phenoxy) is 4. The number of methoxy groups -OCH3 is 1. The molecular weight excluding hydrogens is 616 g/mol. The zero-order chi connectivity index (χ0) is 34.0. The van der Waals surface area contributed by atoms with Gasteiger partial charge in [-0.05, 0) is 37.1 Å². The summed E-state index contributed by atoms with van der Waals surface area (Å²) in [6.45, 7) is 2.12. The summed E-state index contributed by atoms with van der Waals surface area (Å²) in [5, 5.41) is 97.8. The predicted molar refractivity (Wildman–Crippen MR) is 153 cm³/mol. The molecule has 254 valence electrons. The van der Waals surface area contributed by atoms with Crippen LogP contribution in [0.1, 0.15) is 31.8 Å². The third kappa shape index (κ3) is 7.27. The van der Waals surface area contributed by atoms with Gasteiger partial charge in [0.15, 0.2) is 12.6 Å². The lowest BCUT2D eigenvalue weighted by molar-refractivity contribution is -0.372. The Morgan fingerprint density at radius 3 is 1.52 bits per heavy atom. The van der Waals surface area contributed by atoms with E-state index in [0.717, 1.165) is 6.07 Å². The Kier molecular flexibility index (Phi) is 10.9. The van der Waals surface area contributed by atoms with Gasteiger partial charge in [0.05, 0.1) is 18.2 Å². The quantitative estimate of drug-likeness (QED) is 0.130. The molecule has 2 aliphatic heterocycles. The number of benzene rings is 2. The van der Waals surface area contributed by atoms with Gasteiger partial charge in [0.1, 0.15) is 71.8 Å². The van der Waals surface area contributed by atoms with E-state index in [0.29, 0.717) is 11.3 Å². The van der Waals surface area contributed by atoms with Gasteiger partial charge < -0.3 is 75.5 Å². The molecule has 2 amide bonds. The van der Waals surface area contributed by atoms with Gasteiger partial charge in [0.25, 0.3) is 11.8 Å². The second-order valence-electron chi connectivity index (χ2n) is 11.1. The minimum Gasteiger partial charge on any atom is -0.508 e. The van der Waals surface area contributed by atoms with E-state index in [-0.39, 0.29) is 28.2 Å². The lowest BCUT2D eigenvalue weighted by atomic mass is 9.97. The summed E-state index contributed by atoms with van der Waals surface area (Å²) in [7, 11) is 1.39. The van der Waals surface area contributed by atoms with Crippen LogP contribution in [0.25, 0.3) is 0 Å². The van der Waals surface area contributed by atoms with Crippen LogP contribution in [0.2, 0.25) is 0 Å². The van der Waals surface area contributed by atoms with Crippen LogP contribution in [0.15, 0.2) is 24.3 Å². The highest BCUT2D eigenvalue weighted by Gasteiger charge is 2.50. The molecule has 2 aromatic carbocycles. The highest BCUT2D eigenvalue weighted by molar-refractivity contribution is 5.99. The lowest BCUT2D eigenvalue weighted by Gasteiger charge is -2.45. The molecule has 0 radical (unpaired) electrons. The summed E-state index contributed by atoms with van der Waals surface area (Å²) in [6.07, 6.45) is -17.4. The minimum absolute atomic E-state index is 0.0836. The Morgan fingerprint density at radius 1 is 0.674 bits per heavy atom. The molecule has 17 nitrogen and oxygen atoms in total. The Morgan fingerprint density at radius 2 is 1.11 bits per heavy atom. The molecule has 0 unspecified atom stereocenters. The molecule has 2 heterocycles. The number of aromatic hydroxyl groups is 3. The third-order valence-corrected chi connectivity index (χ3v) is 7.81. The maximum absolute atomic E-state index is 12.8. The average molecular weight is 655 g/mol. The number of nitrogens with one attached hydrogen (secondary N) is 2. The molecule has 46 heavy (non-hydrogen) atoms. The topological polar surface area (TPSA) is 277 Å². The Labute approximate surface area is 262 Å². The first-order valence-corrected chi connectivity index (χ1v) is 14.2. The predicted octanol–water partition coefficient (Wildman–Crippen LogP) is -2.78. The number of amides is 2. The van der Waals surface area contributed by atoms with Crippen LogP contribution in [0.3, 0.4) is 0 Å². The van der Waals surface area contributed by atoms with Gasteiger partial charge in [0, 0.05) is 25.2 Å². The molecule has 2 fully saturated rings. The summed E-state index contributed by atoms with van der Waals surface area (Å²) in [5.41, 5.74) is 0.363. The first-order valence-electron chi connectivity index (χ1n) is 14.2. The van der Waals surface area contributed by atoms with Gasteiger partial charge >= 0.3 is 0 Å². The smallest absolute Gasteiger partial charge is 0.255 e. The first kappa shape index (κ1) is 35.1. The molecule has 0 aliphatic carbocycles. The van der Waals surface area contributed by atoms with Crippen molar-refractivity contribution in [1.29, 1.82) is 0 Å². The zero-order valence-corrected chi connectivity index (χ0v) is 25.0. The largest absolute Gasteiger partial charge is 0.508 e. The zero-order valence-electron chi connectivity index (χ0n) is 25.0. The highest BCUT2D eigenvalue weighted by atomic mass is 16.8. The molecule has 0 spiro atoms. The van der Waals surface area contributed by atoms with Crippen LogP contribution in [0, 0.1) is 13.8 Å². The maximum Gasteiger partial charge on any atom is 0.255 e. The number of aliphatic hydroxyl groups is 6. The normalized spacial score (nSPS) is 31.2. The summed E-state index contributed by atoms with van der Waals surface area (Å²) in [4.78, 5) is 25.5. The Balaban J connectivity index is 1.42. The summed E-state index contributed by atoms with van der Waals surface area (Å²) < 4.78 is 21.7. The van der Waals surface area contributed by atoms with Crippen molar-refractivity contribution in [3.63, 3.8) is 0 Å². The highest BCUT2D eigenvalue weighted by Crippen LogP contribution is 2.30. The van der Waals surface area contributed by atoms with Crippen molar-refractivity contribution < 1.29 is 74.5 Å². The van der Waals surface area contributed by atoms with Gasteiger partial charge in [-0.15, -0.1) is 0 Å². The molecule has 0 bridgehead atoms. The fourth-order valence-corrected chi connectivity index (χ4v) is 5.29. The molecule has 2 aromatic rings. The lowest BCUT2D eigenvalue weighted by Crippen LogP contribution is -2.64. The van der Waals surface area contributed by atoms with E-state index >= 15 is 0 Å². The van der Waals surface area contributed by atoms with Crippen molar-refractivity contribution in [3.8, 4) is 23.0 Å². The van der Waals surface area contributed by atoms with E-state index in [9.17, 15) is 55.5 Å². The van der Waals surface area contributed by atoms with Crippen molar-refractivity contribution in [2.24, 2.45) is 0 Å². The molecule has 17 heteroatoms. The summed E-state index contributed by atoms with van der Waals surface area (Å²) in [5.74, 6) is -2.40. The summed E-state index contributed by atoms with van der Waals surface area (Å²) in [6, 6.07) is 4.95. The van der Waals surface area contributed by atoms with Crippen molar-refractivity contribution in [1.82, 2.24) is 10.6 Å². The van der Waals surface area contributed by atoms with E-state index < -0.39 is 92.1 Å². The second kappa shape index (κ2) is 14.3. The van der Waals surface area contributed by atoms with Crippen LogP contribution in [0.5, 0.6) is 23.0 Å². The Bertz CT molecular complexity index is 1380. The van der Waals surface area contributed by atoms with Gasteiger partial charge in [-0.3, -0.25) is 9.59 Å². The van der Waals surface area contributed by atoms with E-state index in [1.165, 1.54) is 32.2 Å². The molecule has 2 aliphatic rings. The Hall–Kier alpha value is -3.78. The van der Waals surface area contributed by atoms with Gasteiger partial charge in [0.2, 0.25) is 0 Å². The van der Waals surface area contributed by atoms with Gasteiger partial charge in [-0.1, -0.05) is 0 Å². The van der Waals surface area contributed by atoms with Crippen LogP contribution in [-0.4, -0.2) is 139 Å². The van der Waals surface area contributed by atoms with Gasteiger partial charge in [-0.25, -0.2) is 0 Å². The van der Waals surface area contributed by atoms with Gasteiger partial charge in [-0.2, -0.15) is 0 Å². The SMILES string of the molecule is COc1cc(C)c(C(=O)NC[C@H]2O[C@H](O[C@H]3O[C@H](CNC(=O)c4c(C)cc(O)cc4O)[C@@H](O)[C@H](O)[C@H]3O)[C@H](O)[C@@H](O)[C@@H]2O)c(O)c1. The first-order chi connectivity index (χ1) is 21.6. The van der Waals surface area contributed by atoms with Crippen LogP contribution >= 0.6 is 0 Å². The van der Waals surface area contributed by atoms with Crippen LogP contribution in [0.4, 0.5) is 0 Å². The van der Waals surface area contributed by atoms with Crippen molar-refractivity contribution in [3.05, 3.63) is 46.5 Å². The van der Waals surface area contributed by atoms with Crippen LogP contribution < -0.4 is 15.4 Å². The summed E-state index contributed by atoms with van der Waals surface area (Å²) >= 11 is 0. The number of carbonyl (C=O) groups is 2. The third-order valence-electron chi connectivity index (χ3n) is 7.81. The number of hydrogen-bond donors (Lipinski definition) is 11. The van der Waals surface area contributed by atoms with E-state index in [1.807, 2.05) is 0 Å². The van der Waals surface area contributed by atoms with Crippen LogP contribution in [-0.2, 0) is 14.2 Å². The number of carbonyl (C=O) groups excluding carboxylic acids is 2. The maximum atomic E-state index is 12.8. The molecule has 2 saturated heterocycles. The number of phenols is 3. The van der Waals surface area contributed by atoms with Crippen molar-refractivity contribution >= 4 is 11.8 Å². The number of hydrogen-bond acceptors (Lipinski definition) is 15. The second-order valence-corrected chi connectivity index (χ2v) is 11.1. The number of rotatable bonds is 9. The fourth-order valence-electron chi connectivity index (χ4n) is 5.29. The van der Waals surface area contributed by atoms with E-state index in [2.05, 4.69) is 10.6 Å². The molecule has 0 saturated carbocycles. The van der Waals surface area contributed by atoms with E-state index in [4.69, 9.17) is 18.9 Å².